The van der Waals surface area contributed by atoms with Gasteiger partial charge in [-0.2, -0.15) is 0 Å². The number of rotatable bonds is 8. The first-order valence-corrected chi connectivity index (χ1v) is 10.7. The minimum absolute atomic E-state index is 0.00330. The van der Waals surface area contributed by atoms with E-state index in [-0.39, 0.29) is 29.9 Å². The van der Waals surface area contributed by atoms with E-state index in [1.807, 2.05) is 27.7 Å². The number of Topliss-reactive ketones (excluding diaryl/α,β-unsaturated/α-hetero) is 1. The summed E-state index contributed by atoms with van der Waals surface area (Å²) in [6, 6.07) is 18.4. The number of ketones is 1. The molecule has 33 heavy (non-hydrogen) atoms. The first-order chi connectivity index (χ1) is 15.7. The fourth-order valence-electron chi connectivity index (χ4n) is 2.94. The van der Waals surface area contributed by atoms with Gasteiger partial charge in [0, 0.05) is 11.6 Å². The SMILES string of the molecule is Cc1ccc(C(=O)Oc2ccc(C(=O)CNC(C)C)cc2OC(=O)c2ccc(C)cc2)cc1. The smallest absolute Gasteiger partial charge is 0.343 e. The van der Waals surface area contributed by atoms with Gasteiger partial charge in [-0.15, -0.1) is 0 Å². The predicted molar refractivity (Wildman–Crippen MR) is 126 cm³/mol. The van der Waals surface area contributed by atoms with Gasteiger partial charge in [-0.3, -0.25) is 4.79 Å². The molecule has 3 aromatic rings. The molecule has 0 saturated heterocycles. The maximum atomic E-state index is 12.7. The summed E-state index contributed by atoms with van der Waals surface area (Å²) >= 11 is 0. The highest BCUT2D eigenvalue weighted by Gasteiger charge is 2.19. The molecule has 3 rings (SSSR count). The van der Waals surface area contributed by atoms with Crippen molar-refractivity contribution in [1.29, 1.82) is 0 Å². The van der Waals surface area contributed by atoms with Crippen LogP contribution in [0.25, 0.3) is 0 Å². The average Bonchev–Trinajstić information content (AvgIpc) is 2.79. The van der Waals surface area contributed by atoms with E-state index < -0.39 is 11.9 Å². The Balaban J connectivity index is 1.89. The normalized spacial score (nSPS) is 10.7. The first-order valence-electron chi connectivity index (χ1n) is 10.7. The number of nitrogens with one attached hydrogen (secondary N) is 1. The van der Waals surface area contributed by atoms with Crippen LogP contribution in [-0.2, 0) is 0 Å². The minimum Gasteiger partial charge on any atom is -0.419 e. The highest BCUT2D eigenvalue weighted by molar-refractivity contribution is 5.99. The lowest BCUT2D eigenvalue weighted by Crippen LogP contribution is -2.29. The highest BCUT2D eigenvalue weighted by Crippen LogP contribution is 2.30. The van der Waals surface area contributed by atoms with Gasteiger partial charge in [-0.1, -0.05) is 49.2 Å². The van der Waals surface area contributed by atoms with E-state index >= 15 is 0 Å². The summed E-state index contributed by atoms with van der Waals surface area (Å²) in [5.41, 5.74) is 3.05. The highest BCUT2D eigenvalue weighted by atomic mass is 16.6. The van der Waals surface area contributed by atoms with Crippen LogP contribution in [-0.4, -0.2) is 30.3 Å². The molecule has 0 aliphatic carbocycles. The van der Waals surface area contributed by atoms with E-state index in [2.05, 4.69) is 5.32 Å². The summed E-state index contributed by atoms with van der Waals surface area (Å²) in [5.74, 6) is -1.34. The Hall–Kier alpha value is -3.77. The summed E-state index contributed by atoms with van der Waals surface area (Å²) in [5, 5.41) is 3.07. The van der Waals surface area contributed by atoms with Crippen LogP contribution in [0.5, 0.6) is 11.5 Å². The maximum Gasteiger partial charge on any atom is 0.343 e. The van der Waals surface area contributed by atoms with Crippen LogP contribution in [0.4, 0.5) is 0 Å². The molecule has 6 nitrogen and oxygen atoms in total. The van der Waals surface area contributed by atoms with Crippen molar-refractivity contribution >= 4 is 17.7 Å². The van der Waals surface area contributed by atoms with Crippen LogP contribution in [0.2, 0.25) is 0 Å². The van der Waals surface area contributed by atoms with Gasteiger partial charge in [0.2, 0.25) is 0 Å². The molecule has 170 valence electrons. The van der Waals surface area contributed by atoms with Gasteiger partial charge in [-0.25, -0.2) is 9.59 Å². The minimum atomic E-state index is -0.618. The Kier molecular flexibility index (Phi) is 7.74. The lowest BCUT2D eigenvalue weighted by atomic mass is 10.1. The first kappa shape index (κ1) is 23.9. The fraction of sp³-hybridized carbons (Fsp3) is 0.222. The van der Waals surface area contributed by atoms with Crippen molar-refractivity contribution < 1.29 is 23.9 Å². The van der Waals surface area contributed by atoms with Crippen molar-refractivity contribution in [1.82, 2.24) is 5.32 Å². The van der Waals surface area contributed by atoms with Crippen molar-refractivity contribution in [3.8, 4) is 11.5 Å². The van der Waals surface area contributed by atoms with Crippen LogP contribution in [0.15, 0.2) is 66.7 Å². The predicted octanol–water partition coefficient (Wildman–Crippen LogP) is 4.92. The summed E-state index contributed by atoms with van der Waals surface area (Å²) in [6.07, 6.45) is 0. The number of carbonyl (C=O) groups is 3. The monoisotopic (exact) mass is 445 g/mol. The molecule has 3 aromatic carbocycles. The van der Waals surface area contributed by atoms with Gasteiger partial charge in [0.05, 0.1) is 17.7 Å². The fourth-order valence-corrected chi connectivity index (χ4v) is 2.94. The van der Waals surface area contributed by atoms with Gasteiger partial charge >= 0.3 is 11.9 Å². The second-order valence-electron chi connectivity index (χ2n) is 8.13. The van der Waals surface area contributed by atoms with Crippen molar-refractivity contribution in [2.45, 2.75) is 33.7 Å². The standard InChI is InChI=1S/C27H27NO5/c1-17(2)28-16-23(29)22-13-14-24(32-26(30)20-9-5-18(3)6-10-20)25(15-22)33-27(31)21-11-7-19(4)8-12-21/h5-15,17,28H,16H2,1-4H3. The molecule has 0 bridgehead atoms. The molecule has 0 aromatic heterocycles. The van der Waals surface area contributed by atoms with Gasteiger partial charge in [0.25, 0.3) is 0 Å². The summed E-state index contributed by atoms with van der Waals surface area (Å²) in [7, 11) is 0. The Morgan fingerprint density at radius 2 is 1.15 bits per heavy atom. The summed E-state index contributed by atoms with van der Waals surface area (Å²) < 4.78 is 11.1. The Bertz CT molecular complexity index is 1150. The van der Waals surface area contributed by atoms with Gasteiger partial charge in [0.15, 0.2) is 17.3 Å². The van der Waals surface area contributed by atoms with Gasteiger partial charge < -0.3 is 14.8 Å². The Morgan fingerprint density at radius 3 is 1.64 bits per heavy atom. The van der Waals surface area contributed by atoms with Crippen LogP contribution in [0.1, 0.15) is 56.0 Å². The lowest BCUT2D eigenvalue weighted by Gasteiger charge is -2.13. The number of benzene rings is 3. The maximum absolute atomic E-state index is 12.7. The third-order valence-electron chi connectivity index (χ3n) is 4.92. The average molecular weight is 446 g/mol. The molecular formula is C27H27NO5. The van der Waals surface area contributed by atoms with Crippen molar-refractivity contribution in [2.75, 3.05) is 6.54 Å². The Morgan fingerprint density at radius 1 is 0.697 bits per heavy atom. The van der Waals surface area contributed by atoms with E-state index in [1.54, 1.807) is 54.6 Å². The second kappa shape index (κ2) is 10.7. The van der Waals surface area contributed by atoms with E-state index in [0.29, 0.717) is 16.7 Å². The zero-order valence-corrected chi connectivity index (χ0v) is 19.2. The number of esters is 2. The van der Waals surface area contributed by atoms with E-state index in [0.717, 1.165) is 11.1 Å². The third-order valence-corrected chi connectivity index (χ3v) is 4.92. The zero-order chi connectivity index (χ0) is 24.0. The molecule has 1 N–H and O–H groups in total. The summed E-state index contributed by atoms with van der Waals surface area (Å²) in [4.78, 5) is 37.9. The molecule has 0 spiro atoms. The number of aryl methyl sites for hydroxylation is 2. The van der Waals surface area contributed by atoms with Gasteiger partial charge in [0.1, 0.15) is 0 Å². The molecule has 0 unspecified atom stereocenters. The molecule has 6 heteroatoms. The van der Waals surface area contributed by atoms with Crippen LogP contribution in [0.3, 0.4) is 0 Å². The second-order valence-corrected chi connectivity index (χ2v) is 8.13. The number of ether oxygens (including phenoxy) is 2. The van der Waals surface area contributed by atoms with Crippen LogP contribution >= 0.6 is 0 Å². The molecule has 0 radical (unpaired) electrons. The molecular weight excluding hydrogens is 418 g/mol. The molecule has 0 aliphatic heterocycles. The third kappa shape index (κ3) is 6.60. The molecule has 0 fully saturated rings. The van der Waals surface area contributed by atoms with E-state index in [9.17, 15) is 14.4 Å². The van der Waals surface area contributed by atoms with Crippen molar-refractivity contribution in [3.63, 3.8) is 0 Å². The molecule has 0 saturated carbocycles. The topological polar surface area (TPSA) is 81.7 Å². The molecule has 0 amide bonds. The molecule has 0 atom stereocenters. The lowest BCUT2D eigenvalue weighted by molar-refractivity contribution is 0.0682. The largest absolute Gasteiger partial charge is 0.419 e. The van der Waals surface area contributed by atoms with Crippen molar-refractivity contribution in [2.24, 2.45) is 0 Å². The molecule has 0 heterocycles. The van der Waals surface area contributed by atoms with E-state index in [1.165, 1.54) is 12.1 Å². The summed E-state index contributed by atoms with van der Waals surface area (Å²) in [6.45, 7) is 7.84. The van der Waals surface area contributed by atoms with Crippen LogP contribution in [0, 0.1) is 13.8 Å². The number of hydrogen-bond donors (Lipinski definition) is 1. The quantitative estimate of drug-likeness (QED) is 0.301. The van der Waals surface area contributed by atoms with Crippen molar-refractivity contribution in [3.05, 3.63) is 94.5 Å². The Labute approximate surface area is 193 Å². The molecule has 0 aliphatic rings. The van der Waals surface area contributed by atoms with Crippen LogP contribution < -0.4 is 14.8 Å². The van der Waals surface area contributed by atoms with Gasteiger partial charge in [-0.05, 0) is 56.3 Å². The number of hydrogen-bond acceptors (Lipinski definition) is 6. The number of carbonyl (C=O) groups excluding carboxylic acids is 3. The zero-order valence-electron chi connectivity index (χ0n) is 19.2. The van der Waals surface area contributed by atoms with E-state index in [4.69, 9.17) is 9.47 Å².